The van der Waals surface area contributed by atoms with Gasteiger partial charge in [-0.2, -0.15) is 9.40 Å². The largest absolute Gasteiger partial charge is 0.495 e. The number of benzene rings is 1. The molecule has 0 unspecified atom stereocenters. The minimum absolute atomic E-state index is 0.0860. The van der Waals surface area contributed by atoms with Crippen molar-refractivity contribution in [3.63, 3.8) is 0 Å². The van der Waals surface area contributed by atoms with Gasteiger partial charge in [0.1, 0.15) is 17.2 Å². The number of amides is 1. The first-order chi connectivity index (χ1) is 13.7. The lowest BCUT2D eigenvalue weighted by Crippen LogP contribution is -2.38. The number of nitrogens with zero attached hydrogens (tertiary/aromatic N) is 3. The molecule has 0 radical (unpaired) electrons. The standard InChI is InChI=1S/C20H28N4O4S/c1-14-9-11-23(12-10-14)29(26,27)20-15(2)22-24(16(20)3)13-19(25)21-17-7-5-6-8-18(17)28-4/h5-8,14H,9-13H2,1-4H3,(H,21,25). The normalized spacial score (nSPS) is 16.0. The number of hydrogen-bond donors (Lipinski definition) is 1. The molecule has 0 atom stereocenters. The first-order valence-electron chi connectivity index (χ1n) is 9.71. The summed E-state index contributed by atoms with van der Waals surface area (Å²) in [6.07, 6.45) is 1.71. The summed E-state index contributed by atoms with van der Waals surface area (Å²) in [5.41, 5.74) is 1.43. The number of para-hydroxylation sites is 2. The van der Waals surface area contributed by atoms with E-state index in [1.807, 2.05) is 6.07 Å². The maximum Gasteiger partial charge on any atom is 0.246 e. The lowest BCUT2D eigenvalue weighted by molar-refractivity contribution is -0.117. The highest BCUT2D eigenvalue weighted by Crippen LogP contribution is 2.28. The van der Waals surface area contributed by atoms with E-state index in [4.69, 9.17) is 4.74 Å². The number of anilines is 1. The fraction of sp³-hybridized carbons (Fsp3) is 0.500. The predicted octanol–water partition coefficient (Wildman–Crippen LogP) is 2.57. The van der Waals surface area contributed by atoms with Crippen molar-refractivity contribution < 1.29 is 17.9 Å². The van der Waals surface area contributed by atoms with E-state index in [9.17, 15) is 13.2 Å². The molecular formula is C20H28N4O4S. The third-order valence-corrected chi connectivity index (χ3v) is 7.48. The molecule has 1 amide bonds. The van der Waals surface area contributed by atoms with Crippen LogP contribution in [0.5, 0.6) is 5.75 Å². The van der Waals surface area contributed by atoms with Crippen LogP contribution >= 0.6 is 0 Å². The molecule has 9 heteroatoms. The van der Waals surface area contributed by atoms with Crippen LogP contribution in [0.1, 0.15) is 31.2 Å². The lowest BCUT2D eigenvalue weighted by Gasteiger charge is -2.29. The van der Waals surface area contributed by atoms with Crippen LogP contribution in [0.25, 0.3) is 0 Å². The van der Waals surface area contributed by atoms with Gasteiger partial charge >= 0.3 is 0 Å². The van der Waals surface area contributed by atoms with Crippen molar-refractivity contribution in [2.75, 3.05) is 25.5 Å². The van der Waals surface area contributed by atoms with Gasteiger partial charge in [-0.3, -0.25) is 9.48 Å². The van der Waals surface area contributed by atoms with Crippen molar-refractivity contribution >= 4 is 21.6 Å². The van der Waals surface area contributed by atoms with Crippen LogP contribution in [0.15, 0.2) is 29.2 Å². The Morgan fingerprint density at radius 1 is 1.24 bits per heavy atom. The predicted molar refractivity (Wildman–Crippen MR) is 110 cm³/mol. The van der Waals surface area contributed by atoms with E-state index in [1.54, 1.807) is 32.0 Å². The minimum atomic E-state index is -3.63. The highest BCUT2D eigenvalue weighted by molar-refractivity contribution is 7.89. The third-order valence-electron chi connectivity index (χ3n) is 5.33. The number of rotatable bonds is 6. The quantitative estimate of drug-likeness (QED) is 0.775. The Morgan fingerprint density at radius 2 is 1.90 bits per heavy atom. The maximum absolute atomic E-state index is 13.2. The van der Waals surface area contributed by atoms with Crippen LogP contribution in [-0.4, -0.2) is 48.6 Å². The number of sulfonamides is 1. The van der Waals surface area contributed by atoms with Crippen molar-refractivity contribution in [3.8, 4) is 5.75 Å². The summed E-state index contributed by atoms with van der Waals surface area (Å²) in [4.78, 5) is 12.7. The Balaban J connectivity index is 1.79. The van der Waals surface area contributed by atoms with Crippen molar-refractivity contribution in [2.45, 2.75) is 45.1 Å². The Labute approximate surface area is 171 Å². The second-order valence-electron chi connectivity index (χ2n) is 7.49. The van der Waals surface area contributed by atoms with E-state index in [0.717, 1.165) is 12.8 Å². The molecule has 158 valence electrons. The van der Waals surface area contributed by atoms with Crippen molar-refractivity contribution in [1.29, 1.82) is 0 Å². The number of carbonyl (C=O) groups is 1. The smallest absolute Gasteiger partial charge is 0.246 e. The summed E-state index contributed by atoms with van der Waals surface area (Å²) < 4.78 is 34.5. The molecule has 0 saturated carbocycles. The average Bonchev–Trinajstić information content (AvgIpc) is 2.96. The first-order valence-corrected chi connectivity index (χ1v) is 11.1. The maximum atomic E-state index is 13.2. The van der Waals surface area contributed by atoms with Crippen molar-refractivity contribution in [3.05, 3.63) is 35.7 Å². The monoisotopic (exact) mass is 420 g/mol. The van der Waals surface area contributed by atoms with Crippen LogP contribution in [-0.2, 0) is 21.4 Å². The van der Waals surface area contributed by atoms with Crippen LogP contribution in [0.3, 0.4) is 0 Å². The van der Waals surface area contributed by atoms with Crippen molar-refractivity contribution in [1.82, 2.24) is 14.1 Å². The number of nitrogens with one attached hydrogen (secondary N) is 1. The SMILES string of the molecule is COc1ccccc1NC(=O)Cn1nc(C)c(S(=O)(=O)N2CCC(C)CC2)c1C. The Morgan fingerprint density at radius 3 is 2.55 bits per heavy atom. The highest BCUT2D eigenvalue weighted by atomic mass is 32.2. The number of aryl methyl sites for hydroxylation is 1. The first kappa shape index (κ1) is 21.3. The number of piperidine rings is 1. The summed E-state index contributed by atoms with van der Waals surface area (Å²) in [6, 6.07) is 7.10. The fourth-order valence-corrected chi connectivity index (χ4v) is 5.48. The van der Waals surface area contributed by atoms with E-state index >= 15 is 0 Å². The molecule has 0 aliphatic carbocycles. The van der Waals surface area contributed by atoms with Gasteiger partial charge < -0.3 is 10.1 Å². The zero-order valence-corrected chi connectivity index (χ0v) is 18.1. The molecule has 2 heterocycles. The van der Waals surface area contributed by atoms with E-state index in [0.29, 0.717) is 41.8 Å². The summed E-state index contributed by atoms with van der Waals surface area (Å²) in [7, 11) is -2.10. The third kappa shape index (κ3) is 4.45. The van der Waals surface area contributed by atoms with Gasteiger partial charge in [-0.15, -0.1) is 0 Å². The molecule has 0 bridgehead atoms. The number of aromatic nitrogens is 2. The second kappa shape index (κ2) is 8.54. The van der Waals surface area contributed by atoms with Crippen molar-refractivity contribution in [2.24, 2.45) is 5.92 Å². The van der Waals surface area contributed by atoms with Gasteiger partial charge in [0.2, 0.25) is 15.9 Å². The highest BCUT2D eigenvalue weighted by Gasteiger charge is 2.33. The number of hydrogen-bond acceptors (Lipinski definition) is 5. The minimum Gasteiger partial charge on any atom is -0.495 e. The molecule has 1 saturated heterocycles. The molecule has 1 aromatic carbocycles. The number of ether oxygens (including phenoxy) is 1. The molecule has 1 aliphatic heterocycles. The molecule has 1 aliphatic rings. The fourth-order valence-electron chi connectivity index (χ4n) is 3.64. The molecule has 3 rings (SSSR count). The van der Waals surface area contributed by atoms with E-state index in [-0.39, 0.29) is 17.3 Å². The Hall–Kier alpha value is -2.39. The molecule has 8 nitrogen and oxygen atoms in total. The summed E-state index contributed by atoms with van der Waals surface area (Å²) in [6.45, 7) is 6.44. The van der Waals surface area contributed by atoms with Gasteiger partial charge in [0.25, 0.3) is 0 Å². The molecule has 0 spiro atoms. The molecule has 1 N–H and O–H groups in total. The van der Waals surface area contributed by atoms with E-state index in [2.05, 4.69) is 17.3 Å². The molecule has 1 fully saturated rings. The number of carbonyl (C=O) groups excluding carboxylic acids is 1. The average molecular weight is 421 g/mol. The van der Waals surface area contributed by atoms with Gasteiger partial charge in [0.15, 0.2) is 0 Å². The lowest BCUT2D eigenvalue weighted by atomic mass is 10.0. The molecule has 2 aromatic rings. The van der Waals surface area contributed by atoms with E-state index in [1.165, 1.54) is 16.1 Å². The van der Waals surface area contributed by atoms with Gasteiger partial charge in [0.05, 0.1) is 24.2 Å². The zero-order chi connectivity index (χ0) is 21.2. The van der Waals surface area contributed by atoms with Crippen LogP contribution in [0, 0.1) is 19.8 Å². The van der Waals surface area contributed by atoms with Gasteiger partial charge in [-0.05, 0) is 44.7 Å². The van der Waals surface area contributed by atoms with Gasteiger partial charge in [-0.1, -0.05) is 19.1 Å². The second-order valence-corrected chi connectivity index (χ2v) is 9.37. The van der Waals surface area contributed by atoms with Crippen LogP contribution < -0.4 is 10.1 Å². The molecule has 1 aromatic heterocycles. The summed E-state index contributed by atoms with van der Waals surface area (Å²) in [5, 5.41) is 7.12. The van der Waals surface area contributed by atoms with Gasteiger partial charge in [0, 0.05) is 13.1 Å². The zero-order valence-electron chi connectivity index (χ0n) is 17.3. The molecular weight excluding hydrogens is 392 g/mol. The van der Waals surface area contributed by atoms with Gasteiger partial charge in [-0.25, -0.2) is 8.42 Å². The van der Waals surface area contributed by atoms with E-state index < -0.39 is 10.0 Å². The topological polar surface area (TPSA) is 93.5 Å². The Kier molecular flexibility index (Phi) is 6.28. The number of methoxy groups -OCH3 is 1. The summed E-state index contributed by atoms with van der Waals surface area (Å²) >= 11 is 0. The summed E-state index contributed by atoms with van der Waals surface area (Å²) in [5.74, 6) is 0.776. The molecule has 29 heavy (non-hydrogen) atoms. The van der Waals surface area contributed by atoms with Crippen LogP contribution in [0.2, 0.25) is 0 Å². The van der Waals surface area contributed by atoms with Crippen LogP contribution in [0.4, 0.5) is 5.69 Å². The Bertz CT molecular complexity index is 992.